The summed E-state index contributed by atoms with van der Waals surface area (Å²) in [6, 6.07) is 48.8. The number of para-hydroxylation sites is 2. The predicted molar refractivity (Wildman–Crippen MR) is 191 cm³/mol. The largest absolute Gasteiger partial charge is 0.456 e. The molecule has 0 aliphatic carbocycles. The zero-order valence-corrected chi connectivity index (χ0v) is 25.5. The molecule has 0 aliphatic heterocycles. The SMILES string of the molecule is c1ccc(-c2nc(-c3ccccc3)nc(-c3cc(-c4cccc5oc6ccccc6c45)cc4oc5cc6ccccc6nc5c34)n2)cc1. The number of aromatic nitrogens is 4. The molecule has 224 valence electrons. The number of fused-ring (bicyclic) bond motifs is 7. The average molecular weight is 617 g/mol. The second-order valence-electron chi connectivity index (χ2n) is 11.8. The molecule has 4 heterocycles. The normalized spacial score (nSPS) is 11.8. The molecule has 6 nitrogen and oxygen atoms in total. The monoisotopic (exact) mass is 616 g/mol. The Morgan fingerprint density at radius 3 is 1.81 bits per heavy atom. The van der Waals surface area contributed by atoms with Crippen molar-refractivity contribution in [1.29, 1.82) is 0 Å². The highest BCUT2D eigenvalue weighted by Crippen LogP contribution is 2.43. The molecular formula is C42H24N4O2. The number of benzene rings is 6. The number of hydrogen-bond acceptors (Lipinski definition) is 6. The van der Waals surface area contributed by atoms with Gasteiger partial charge in [-0.05, 0) is 47.5 Å². The highest BCUT2D eigenvalue weighted by Gasteiger charge is 2.22. The molecule has 4 aromatic heterocycles. The molecule has 0 aliphatic rings. The van der Waals surface area contributed by atoms with Crippen molar-refractivity contribution in [3.63, 3.8) is 0 Å². The van der Waals surface area contributed by atoms with Gasteiger partial charge in [-0.25, -0.2) is 19.9 Å². The van der Waals surface area contributed by atoms with Crippen LogP contribution in [0.1, 0.15) is 0 Å². The van der Waals surface area contributed by atoms with Crippen LogP contribution in [0.2, 0.25) is 0 Å². The third-order valence-corrected chi connectivity index (χ3v) is 8.90. The van der Waals surface area contributed by atoms with Gasteiger partial charge in [0.15, 0.2) is 23.1 Å². The Morgan fingerprint density at radius 2 is 1.02 bits per heavy atom. The molecule has 6 aromatic carbocycles. The van der Waals surface area contributed by atoms with Crippen LogP contribution in [0.3, 0.4) is 0 Å². The summed E-state index contributed by atoms with van der Waals surface area (Å²) in [5, 5.41) is 3.97. The lowest BCUT2D eigenvalue weighted by Crippen LogP contribution is -2.00. The smallest absolute Gasteiger partial charge is 0.164 e. The molecule has 0 N–H and O–H groups in total. The van der Waals surface area contributed by atoms with Gasteiger partial charge in [0.1, 0.15) is 22.3 Å². The Hall–Kier alpha value is -6.66. The Kier molecular flexibility index (Phi) is 5.77. The number of rotatable bonds is 4. The lowest BCUT2D eigenvalue weighted by Gasteiger charge is -2.11. The number of pyridine rings is 1. The lowest BCUT2D eigenvalue weighted by molar-refractivity contribution is 0.668. The van der Waals surface area contributed by atoms with Gasteiger partial charge in [-0.2, -0.15) is 0 Å². The van der Waals surface area contributed by atoms with Crippen LogP contribution in [-0.2, 0) is 0 Å². The molecule has 0 bridgehead atoms. The van der Waals surface area contributed by atoms with Crippen molar-refractivity contribution in [2.24, 2.45) is 0 Å². The van der Waals surface area contributed by atoms with Crippen molar-refractivity contribution < 1.29 is 8.83 Å². The minimum absolute atomic E-state index is 0.538. The molecule has 0 spiro atoms. The number of nitrogens with zero attached hydrogens (tertiary/aromatic N) is 4. The quantitative estimate of drug-likeness (QED) is 0.196. The molecule has 0 atom stereocenters. The maximum atomic E-state index is 6.64. The van der Waals surface area contributed by atoms with E-state index in [2.05, 4.69) is 36.4 Å². The molecule has 0 saturated heterocycles. The summed E-state index contributed by atoms with van der Waals surface area (Å²) in [5.74, 6) is 1.72. The summed E-state index contributed by atoms with van der Waals surface area (Å²) < 4.78 is 12.9. The van der Waals surface area contributed by atoms with Crippen LogP contribution in [0.25, 0.3) is 100 Å². The van der Waals surface area contributed by atoms with Crippen LogP contribution in [0.15, 0.2) is 154 Å². The Balaban J connectivity index is 1.32. The first-order valence-corrected chi connectivity index (χ1v) is 15.8. The first-order chi connectivity index (χ1) is 23.8. The maximum Gasteiger partial charge on any atom is 0.164 e. The summed E-state index contributed by atoms with van der Waals surface area (Å²) >= 11 is 0. The standard InChI is InChI=1S/C42H24N4O2/c1-3-12-25(13-4-1)40-44-41(26-14-5-2-6-15-26)46-42(45-40)31-22-28(29-18-11-21-34-37(29)30-17-8-10-20-33(30)47-34)24-35-38(31)39-36(48-35)23-27-16-7-9-19-32(27)43-39/h1-24H. The van der Waals surface area contributed by atoms with Gasteiger partial charge in [-0.1, -0.05) is 109 Å². The van der Waals surface area contributed by atoms with E-state index in [0.29, 0.717) is 28.6 Å². The van der Waals surface area contributed by atoms with Gasteiger partial charge in [0.25, 0.3) is 0 Å². The van der Waals surface area contributed by atoms with E-state index < -0.39 is 0 Å². The maximum absolute atomic E-state index is 6.64. The second kappa shape index (κ2) is 10.4. The minimum atomic E-state index is 0.538. The molecule has 10 rings (SSSR count). The van der Waals surface area contributed by atoms with E-state index >= 15 is 0 Å². The molecule has 0 amide bonds. The average Bonchev–Trinajstić information content (AvgIpc) is 3.72. The van der Waals surface area contributed by atoms with Gasteiger partial charge in [0, 0.05) is 32.8 Å². The Bertz CT molecular complexity index is 2780. The fourth-order valence-electron chi connectivity index (χ4n) is 6.69. The molecular weight excluding hydrogens is 592 g/mol. The van der Waals surface area contributed by atoms with E-state index in [1.165, 1.54) is 0 Å². The summed E-state index contributed by atoms with van der Waals surface area (Å²) in [5.41, 5.74) is 9.34. The molecule has 0 saturated carbocycles. The van der Waals surface area contributed by atoms with Gasteiger partial charge >= 0.3 is 0 Å². The van der Waals surface area contributed by atoms with Crippen molar-refractivity contribution in [2.45, 2.75) is 0 Å². The third-order valence-electron chi connectivity index (χ3n) is 8.90. The van der Waals surface area contributed by atoms with Gasteiger partial charge in [0.2, 0.25) is 0 Å². The molecule has 0 fully saturated rings. The zero-order chi connectivity index (χ0) is 31.6. The van der Waals surface area contributed by atoms with Crippen LogP contribution in [0.4, 0.5) is 0 Å². The fourth-order valence-corrected chi connectivity index (χ4v) is 6.69. The highest BCUT2D eigenvalue weighted by atomic mass is 16.3. The van der Waals surface area contributed by atoms with Gasteiger partial charge in [-0.3, -0.25) is 0 Å². The van der Waals surface area contributed by atoms with Crippen molar-refractivity contribution in [2.75, 3.05) is 0 Å². The number of furan rings is 2. The van der Waals surface area contributed by atoms with E-state index in [9.17, 15) is 0 Å². The van der Waals surface area contributed by atoms with Crippen LogP contribution in [0, 0.1) is 0 Å². The fraction of sp³-hybridized carbons (Fsp3) is 0. The summed E-state index contributed by atoms with van der Waals surface area (Å²) in [6.45, 7) is 0. The van der Waals surface area contributed by atoms with E-state index in [4.69, 9.17) is 28.8 Å². The number of hydrogen-bond donors (Lipinski definition) is 0. The molecule has 0 radical (unpaired) electrons. The van der Waals surface area contributed by atoms with Crippen LogP contribution in [0.5, 0.6) is 0 Å². The van der Waals surface area contributed by atoms with Crippen molar-refractivity contribution in [3.8, 4) is 45.3 Å². The van der Waals surface area contributed by atoms with Crippen LogP contribution >= 0.6 is 0 Å². The Labute approximate surface area is 274 Å². The van der Waals surface area contributed by atoms with Gasteiger partial charge in [0.05, 0.1) is 10.9 Å². The lowest BCUT2D eigenvalue weighted by atomic mass is 9.95. The van der Waals surface area contributed by atoms with Crippen molar-refractivity contribution >= 4 is 54.9 Å². The molecule has 6 heteroatoms. The highest BCUT2D eigenvalue weighted by molar-refractivity contribution is 6.16. The third kappa shape index (κ3) is 4.20. The molecule has 48 heavy (non-hydrogen) atoms. The van der Waals surface area contributed by atoms with E-state index in [1.807, 2.05) is 109 Å². The Morgan fingerprint density at radius 1 is 0.375 bits per heavy atom. The zero-order valence-electron chi connectivity index (χ0n) is 25.5. The second-order valence-corrected chi connectivity index (χ2v) is 11.8. The predicted octanol–water partition coefficient (Wildman–Crippen LogP) is 10.9. The van der Waals surface area contributed by atoms with Gasteiger partial charge < -0.3 is 8.83 Å². The first-order valence-electron chi connectivity index (χ1n) is 15.8. The molecule has 0 unspecified atom stereocenters. The van der Waals surface area contributed by atoms with Crippen LogP contribution < -0.4 is 0 Å². The molecule has 10 aromatic rings. The van der Waals surface area contributed by atoms with Crippen LogP contribution in [-0.4, -0.2) is 19.9 Å². The topological polar surface area (TPSA) is 77.8 Å². The van der Waals surface area contributed by atoms with E-state index in [0.717, 1.165) is 71.6 Å². The summed E-state index contributed by atoms with van der Waals surface area (Å²) in [4.78, 5) is 20.3. The first kappa shape index (κ1) is 26.5. The van der Waals surface area contributed by atoms with E-state index in [-0.39, 0.29) is 0 Å². The van der Waals surface area contributed by atoms with Crippen molar-refractivity contribution in [1.82, 2.24) is 19.9 Å². The summed E-state index contributed by atoms with van der Waals surface area (Å²) in [6.07, 6.45) is 0. The summed E-state index contributed by atoms with van der Waals surface area (Å²) in [7, 11) is 0. The minimum Gasteiger partial charge on any atom is -0.456 e. The van der Waals surface area contributed by atoms with Gasteiger partial charge in [-0.15, -0.1) is 0 Å². The van der Waals surface area contributed by atoms with Crippen molar-refractivity contribution in [3.05, 3.63) is 146 Å². The van der Waals surface area contributed by atoms with E-state index in [1.54, 1.807) is 0 Å².